The van der Waals surface area contributed by atoms with E-state index in [1.54, 1.807) is 0 Å². The number of halogens is 3. The monoisotopic (exact) mass is 262 g/mol. The molecule has 0 aliphatic rings. The van der Waals surface area contributed by atoms with Gasteiger partial charge in [-0.1, -0.05) is 18.7 Å². The van der Waals surface area contributed by atoms with Gasteiger partial charge in [-0.3, -0.25) is 0 Å². The maximum atomic E-state index is 12.1. The maximum Gasteiger partial charge on any atom is 0.573 e. The average molecular weight is 262 g/mol. The molecule has 98 valence electrons. The Morgan fingerprint density at radius 1 is 1.39 bits per heavy atom. The Balaban J connectivity index is 3.17. The highest BCUT2D eigenvalue weighted by atomic mass is 19.4. The van der Waals surface area contributed by atoms with E-state index >= 15 is 0 Å². The van der Waals surface area contributed by atoms with Crippen LogP contribution < -0.4 is 9.47 Å². The van der Waals surface area contributed by atoms with Crippen molar-refractivity contribution in [2.45, 2.75) is 6.36 Å². The van der Waals surface area contributed by atoms with Gasteiger partial charge in [0.1, 0.15) is 23.7 Å². The molecule has 0 fully saturated rings. The van der Waals surface area contributed by atoms with Crippen molar-refractivity contribution in [2.75, 3.05) is 6.61 Å². The van der Waals surface area contributed by atoms with E-state index in [-0.39, 0.29) is 12.4 Å². The normalized spacial score (nSPS) is 10.8. The number of alkyl halides is 3. The lowest BCUT2D eigenvalue weighted by molar-refractivity contribution is -0.274. The molecule has 4 nitrogen and oxygen atoms in total. The smallest absolute Gasteiger partial charge is 0.488 e. The maximum absolute atomic E-state index is 12.1. The zero-order chi connectivity index (χ0) is 13.8. The molecule has 0 saturated carbocycles. The first kappa shape index (κ1) is 13.9. The Labute approximate surface area is 100 Å². The highest BCUT2D eigenvalue weighted by Crippen LogP contribution is 2.32. The van der Waals surface area contributed by atoms with Gasteiger partial charge in [0.15, 0.2) is 0 Å². The topological polar surface area (TPSA) is 55.8 Å². The van der Waals surface area contributed by atoms with Gasteiger partial charge in [-0.2, -0.15) is 0 Å². The van der Waals surface area contributed by atoms with Crippen LogP contribution >= 0.6 is 0 Å². The van der Waals surface area contributed by atoms with Crippen LogP contribution in [0.15, 0.2) is 30.9 Å². The van der Waals surface area contributed by atoms with Gasteiger partial charge in [0.25, 0.3) is 0 Å². The Morgan fingerprint density at radius 3 is 2.50 bits per heavy atom. The van der Waals surface area contributed by atoms with E-state index in [0.717, 1.165) is 6.07 Å². The van der Waals surface area contributed by atoms with Gasteiger partial charge in [-0.25, -0.2) is 4.79 Å². The molecule has 0 aromatic heterocycles. The van der Waals surface area contributed by atoms with E-state index < -0.39 is 23.6 Å². The van der Waals surface area contributed by atoms with E-state index in [1.807, 2.05) is 0 Å². The minimum atomic E-state index is -4.97. The predicted molar refractivity (Wildman–Crippen MR) is 55.8 cm³/mol. The lowest BCUT2D eigenvalue weighted by atomic mass is 10.2. The second-order valence-corrected chi connectivity index (χ2v) is 3.08. The van der Waals surface area contributed by atoms with Crippen molar-refractivity contribution in [1.82, 2.24) is 0 Å². The largest absolute Gasteiger partial charge is 0.573 e. The molecule has 7 heteroatoms. The van der Waals surface area contributed by atoms with Gasteiger partial charge < -0.3 is 14.6 Å². The molecule has 1 N–H and O–H groups in total. The number of carbonyl (C=O) groups is 1. The molecule has 0 aliphatic heterocycles. The van der Waals surface area contributed by atoms with Gasteiger partial charge in [0.05, 0.1) is 0 Å². The molecular formula is C11H9F3O4. The molecule has 0 radical (unpaired) electrons. The summed E-state index contributed by atoms with van der Waals surface area (Å²) in [7, 11) is 0. The van der Waals surface area contributed by atoms with E-state index in [1.165, 1.54) is 18.2 Å². The first-order valence-corrected chi connectivity index (χ1v) is 4.71. The first-order chi connectivity index (χ1) is 8.35. The lowest BCUT2D eigenvalue weighted by Crippen LogP contribution is -2.19. The van der Waals surface area contributed by atoms with Crippen LogP contribution in [0.2, 0.25) is 0 Å². The molecule has 0 heterocycles. The molecular weight excluding hydrogens is 253 g/mol. The molecule has 0 amide bonds. The number of hydrogen-bond donors (Lipinski definition) is 1. The minimum Gasteiger partial charge on any atom is -0.488 e. The van der Waals surface area contributed by atoms with E-state index in [2.05, 4.69) is 11.3 Å². The van der Waals surface area contributed by atoms with Crippen LogP contribution in [0.4, 0.5) is 13.2 Å². The molecule has 0 saturated heterocycles. The molecule has 1 rings (SSSR count). The summed E-state index contributed by atoms with van der Waals surface area (Å²) in [5.74, 6) is -2.62. The fourth-order valence-corrected chi connectivity index (χ4v) is 1.20. The second-order valence-electron chi connectivity index (χ2n) is 3.08. The first-order valence-electron chi connectivity index (χ1n) is 4.71. The number of carboxylic acid groups (broad SMARTS) is 1. The fourth-order valence-electron chi connectivity index (χ4n) is 1.20. The molecule has 1 aromatic carbocycles. The van der Waals surface area contributed by atoms with Crippen LogP contribution in [0.3, 0.4) is 0 Å². The molecule has 0 atom stereocenters. The van der Waals surface area contributed by atoms with Crippen molar-refractivity contribution < 1.29 is 32.5 Å². The third kappa shape index (κ3) is 3.69. The number of benzene rings is 1. The molecule has 0 bridgehead atoms. The Hall–Kier alpha value is -2.18. The van der Waals surface area contributed by atoms with Crippen molar-refractivity contribution in [3.8, 4) is 11.5 Å². The van der Waals surface area contributed by atoms with Crippen LogP contribution in [0.1, 0.15) is 10.4 Å². The summed E-state index contributed by atoms with van der Waals surface area (Å²) in [5, 5.41) is 8.89. The number of rotatable bonds is 5. The number of hydrogen-bond acceptors (Lipinski definition) is 3. The zero-order valence-electron chi connectivity index (χ0n) is 9.03. The van der Waals surface area contributed by atoms with Crippen molar-refractivity contribution in [2.24, 2.45) is 0 Å². The third-order valence-corrected chi connectivity index (χ3v) is 1.78. The van der Waals surface area contributed by atoms with Gasteiger partial charge >= 0.3 is 12.3 Å². The molecule has 0 aliphatic carbocycles. The van der Waals surface area contributed by atoms with Gasteiger partial charge in [-0.05, 0) is 12.1 Å². The number of ether oxygens (including phenoxy) is 2. The lowest BCUT2D eigenvalue weighted by Gasteiger charge is -2.14. The number of aromatic carboxylic acids is 1. The molecule has 18 heavy (non-hydrogen) atoms. The van der Waals surface area contributed by atoms with E-state index in [0.29, 0.717) is 0 Å². The van der Waals surface area contributed by atoms with Crippen molar-refractivity contribution in [1.29, 1.82) is 0 Å². The Kier molecular flexibility index (Phi) is 4.19. The van der Waals surface area contributed by atoms with Crippen LogP contribution in [0, 0.1) is 0 Å². The van der Waals surface area contributed by atoms with Gasteiger partial charge in [0.2, 0.25) is 0 Å². The summed E-state index contributed by atoms with van der Waals surface area (Å²) < 4.78 is 44.9. The summed E-state index contributed by atoms with van der Waals surface area (Å²) in [6.07, 6.45) is -3.63. The quantitative estimate of drug-likeness (QED) is 0.829. The third-order valence-electron chi connectivity index (χ3n) is 1.78. The van der Waals surface area contributed by atoms with E-state index in [9.17, 15) is 18.0 Å². The average Bonchev–Trinajstić information content (AvgIpc) is 2.23. The van der Waals surface area contributed by atoms with Crippen molar-refractivity contribution >= 4 is 5.97 Å². The predicted octanol–water partition coefficient (Wildman–Crippen LogP) is 2.85. The van der Waals surface area contributed by atoms with Crippen molar-refractivity contribution in [3.05, 3.63) is 36.4 Å². The SMILES string of the molecule is C=CCOc1cccc(OC(F)(F)F)c1C(=O)O. The van der Waals surface area contributed by atoms with Crippen LogP contribution in [-0.4, -0.2) is 24.0 Å². The zero-order valence-corrected chi connectivity index (χ0v) is 9.03. The summed E-state index contributed by atoms with van der Waals surface area (Å²) in [6.45, 7) is 3.32. The highest BCUT2D eigenvalue weighted by Gasteiger charge is 2.34. The summed E-state index contributed by atoms with van der Waals surface area (Å²) in [4.78, 5) is 10.9. The summed E-state index contributed by atoms with van der Waals surface area (Å²) in [5.41, 5.74) is -0.684. The highest BCUT2D eigenvalue weighted by molar-refractivity contribution is 5.94. The molecule has 1 aromatic rings. The minimum absolute atomic E-state index is 0.0320. The van der Waals surface area contributed by atoms with Gasteiger partial charge in [-0.15, -0.1) is 13.2 Å². The van der Waals surface area contributed by atoms with Crippen LogP contribution in [0.25, 0.3) is 0 Å². The summed E-state index contributed by atoms with van der Waals surface area (Å²) >= 11 is 0. The molecule has 0 spiro atoms. The second kappa shape index (κ2) is 5.44. The Bertz CT molecular complexity index is 454. The van der Waals surface area contributed by atoms with Crippen molar-refractivity contribution in [3.63, 3.8) is 0 Å². The number of carboxylic acids is 1. The van der Waals surface area contributed by atoms with Crippen LogP contribution in [-0.2, 0) is 0 Å². The fraction of sp³-hybridized carbons (Fsp3) is 0.182. The van der Waals surface area contributed by atoms with E-state index in [4.69, 9.17) is 9.84 Å². The van der Waals surface area contributed by atoms with Gasteiger partial charge in [0, 0.05) is 0 Å². The molecule has 0 unspecified atom stereocenters. The summed E-state index contributed by atoms with van der Waals surface area (Å²) in [6, 6.07) is 3.33. The van der Waals surface area contributed by atoms with Crippen LogP contribution in [0.5, 0.6) is 11.5 Å². The Morgan fingerprint density at radius 2 is 2.00 bits per heavy atom. The standard InChI is InChI=1S/C11H9F3O4/c1-2-6-17-7-4-3-5-8(9(7)10(15)16)18-11(12,13)14/h2-5H,1,6H2,(H,15,16).